The van der Waals surface area contributed by atoms with Gasteiger partial charge in [0.15, 0.2) is 10.8 Å². The lowest BCUT2D eigenvalue weighted by atomic mass is 10.1. The van der Waals surface area contributed by atoms with Gasteiger partial charge in [0.25, 0.3) is 0 Å². The molecule has 86 valence electrons. The first-order chi connectivity index (χ1) is 6.55. The minimum absolute atomic E-state index is 0.0586. The molecule has 0 unspecified atom stereocenters. The van der Waals surface area contributed by atoms with Crippen LogP contribution in [0.2, 0.25) is 5.15 Å². The van der Waals surface area contributed by atoms with E-state index in [0.29, 0.717) is 0 Å². The molecule has 0 N–H and O–H groups in total. The van der Waals surface area contributed by atoms with E-state index in [1.165, 1.54) is 0 Å². The normalized spacial score (nSPS) is 13.3. The topological polar surface area (TPSA) is 17.8 Å². The van der Waals surface area contributed by atoms with Gasteiger partial charge in [0, 0.05) is 0 Å². The SMILES string of the molecule is CC(C)(C)n1nc(Cl)c(I)c1C(F)(F)F. The van der Waals surface area contributed by atoms with Crippen LogP contribution in [0.15, 0.2) is 0 Å². The summed E-state index contributed by atoms with van der Waals surface area (Å²) in [5.74, 6) is 0. The molecule has 0 saturated heterocycles. The highest BCUT2D eigenvalue weighted by molar-refractivity contribution is 14.1. The lowest BCUT2D eigenvalue weighted by Crippen LogP contribution is -2.29. The second kappa shape index (κ2) is 3.80. The van der Waals surface area contributed by atoms with Crippen molar-refractivity contribution >= 4 is 34.2 Å². The first-order valence-corrected chi connectivity index (χ1v) is 5.52. The van der Waals surface area contributed by atoms with E-state index in [2.05, 4.69) is 5.10 Å². The minimum atomic E-state index is -4.44. The van der Waals surface area contributed by atoms with Crippen LogP contribution in [-0.2, 0) is 11.7 Å². The summed E-state index contributed by atoms with van der Waals surface area (Å²) < 4.78 is 39.0. The van der Waals surface area contributed by atoms with E-state index in [4.69, 9.17) is 11.6 Å². The molecule has 15 heavy (non-hydrogen) atoms. The third-order valence-corrected chi connectivity index (χ3v) is 3.30. The van der Waals surface area contributed by atoms with E-state index >= 15 is 0 Å². The number of alkyl halides is 3. The Balaban J connectivity index is 3.48. The predicted molar refractivity (Wildman–Crippen MR) is 60.0 cm³/mol. The molecular weight excluding hydrogens is 343 g/mol. The van der Waals surface area contributed by atoms with Crippen molar-refractivity contribution in [2.24, 2.45) is 0 Å². The van der Waals surface area contributed by atoms with Gasteiger partial charge in [-0.2, -0.15) is 18.3 Å². The van der Waals surface area contributed by atoms with Crippen molar-refractivity contribution in [1.29, 1.82) is 0 Å². The molecule has 0 aliphatic heterocycles. The number of nitrogens with zero attached hydrogens (tertiary/aromatic N) is 2. The van der Waals surface area contributed by atoms with Crippen molar-refractivity contribution in [1.82, 2.24) is 9.78 Å². The van der Waals surface area contributed by atoms with Crippen LogP contribution in [0.1, 0.15) is 26.5 Å². The van der Waals surface area contributed by atoms with Crippen molar-refractivity contribution in [3.63, 3.8) is 0 Å². The first-order valence-electron chi connectivity index (χ1n) is 4.07. The highest BCUT2D eigenvalue weighted by atomic mass is 127. The van der Waals surface area contributed by atoms with Gasteiger partial charge in [0.05, 0.1) is 9.11 Å². The average molecular weight is 353 g/mol. The van der Waals surface area contributed by atoms with Crippen LogP contribution >= 0.6 is 34.2 Å². The van der Waals surface area contributed by atoms with Crippen molar-refractivity contribution in [2.45, 2.75) is 32.5 Å². The molecule has 1 aromatic rings. The van der Waals surface area contributed by atoms with Gasteiger partial charge >= 0.3 is 6.18 Å². The fraction of sp³-hybridized carbons (Fsp3) is 0.625. The Kier molecular flexibility index (Phi) is 3.31. The van der Waals surface area contributed by atoms with Crippen molar-refractivity contribution in [3.8, 4) is 0 Å². The van der Waals surface area contributed by atoms with Gasteiger partial charge in [-0.1, -0.05) is 11.6 Å². The molecule has 0 atom stereocenters. The number of rotatable bonds is 0. The number of hydrogen-bond donors (Lipinski definition) is 0. The van der Waals surface area contributed by atoms with E-state index in [-0.39, 0.29) is 8.72 Å². The number of halogens is 5. The molecule has 2 nitrogen and oxygen atoms in total. The molecule has 0 saturated carbocycles. The smallest absolute Gasteiger partial charge is 0.253 e. The van der Waals surface area contributed by atoms with E-state index < -0.39 is 17.4 Å². The predicted octanol–water partition coefficient (Wildman–Crippen LogP) is 3.91. The summed E-state index contributed by atoms with van der Waals surface area (Å²) in [6.07, 6.45) is -4.44. The van der Waals surface area contributed by atoms with Gasteiger partial charge in [-0.15, -0.1) is 0 Å². The Morgan fingerprint density at radius 3 is 2.00 bits per heavy atom. The minimum Gasteiger partial charge on any atom is -0.253 e. The molecule has 0 spiro atoms. The fourth-order valence-corrected chi connectivity index (χ4v) is 1.91. The third kappa shape index (κ3) is 2.58. The second-order valence-electron chi connectivity index (χ2n) is 4.03. The Labute approximate surface area is 104 Å². The van der Waals surface area contributed by atoms with Gasteiger partial charge < -0.3 is 0 Å². The third-order valence-electron chi connectivity index (χ3n) is 1.69. The fourth-order valence-electron chi connectivity index (χ4n) is 1.10. The van der Waals surface area contributed by atoms with E-state index in [0.717, 1.165) is 4.68 Å². The summed E-state index contributed by atoms with van der Waals surface area (Å²) in [5, 5.41) is 3.59. The maximum atomic E-state index is 12.7. The van der Waals surface area contributed by atoms with Crippen molar-refractivity contribution in [2.75, 3.05) is 0 Å². The zero-order valence-electron chi connectivity index (χ0n) is 8.28. The Morgan fingerprint density at radius 1 is 1.27 bits per heavy atom. The average Bonchev–Trinajstić information content (AvgIpc) is 2.25. The number of aromatic nitrogens is 2. The Bertz CT molecular complexity index is 378. The quantitative estimate of drug-likeness (QED) is 0.647. The summed E-state index contributed by atoms with van der Waals surface area (Å²) in [7, 11) is 0. The van der Waals surface area contributed by atoms with E-state index in [1.54, 1.807) is 43.4 Å². The van der Waals surface area contributed by atoms with Crippen molar-refractivity contribution < 1.29 is 13.2 Å². The molecule has 1 rings (SSSR count). The zero-order valence-corrected chi connectivity index (χ0v) is 11.2. The summed E-state index contributed by atoms with van der Waals surface area (Å²) in [6, 6.07) is 0. The van der Waals surface area contributed by atoms with Crippen LogP contribution in [0.3, 0.4) is 0 Å². The maximum Gasteiger partial charge on any atom is 0.434 e. The molecule has 1 heterocycles. The van der Waals surface area contributed by atoms with Crippen LogP contribution < -0.4 is 0 Å². The Hall–Kier alpha value is 0.0200. The molecule has 0 radical (unpaired) electrons. The largest absolute Gasteiger partial charge is 0.434 e. The molecule has 0 fully saturated rings. The molecular formula is C8H9ClF3IN2. The van der Waals surface area contributed by atoms with E-state index in [1.807, 2.05) is 0 Å². The molecule has 0 bridgehead atoms. The lowest BCUT2D eigenvalue weighted by molar-refractivity contribution is -0.146. The van der Waals surface area contributed by atoms with Gasteiger partial charge in [-0.05, 0) is 43.4 Å². The molecule has 1 aromatic heterocycles. The summed E-state index contributed by atoms with van der Waals surface area (Å²) in [4.78, 5) is 0. The molecule has 7 heteroatoms. The lowest BCUT2D eigenvalue weighted by Gasteiger charge is -2.23. The van der Waals surface area contributed by atoms with Gasteiger partial charge in [0.1, 0.15) is 0 Å². The number of hydrogen-bond acceptors (Lipinski definition) is 1. The molecule has 0 aromatic carbocycles. The highest BCUT2D eigenvalue weighted by Crippen LogP contribution is 2.38. The first kappa shape index (κ1) is 13.1. The molecule has 0 aliphatic rings. The van der Waals surface area contributed by atoms with E-state index in [9.17, 15) is 13.2 Å². The standard InChI is InChI=1S/C8H9ClF3IN2/c1-7(2,3)15-5(8(10,11)12)4(13)6(9)14-15/h1-3H3. The van der Waals surface area contributed by atoms with Gasteiger partial charge in [-0.3, -0.25) is 4.68 Å². The zero-order chi connectivity index (χ0) is 12.0. The summed E-state index contributed by atoms with van der Waals surface area (Å²) >= 11 is 7.16. The Morgan fingerprint density at radius 2 is 1.73 bits per heavy atom. The highest BCUT2D eigenvalue weighted by Gasteiger charge is 2.41. The van der Waals surface area contributed by atoms with Gasteiger partial charge in [-0.25, -0.2) is 0 Å². The summed E-state index contributed by atoms with van der Waals surface area (Å²) in [5.41, 5.74) is -1.54. The monoisotopic (exact) mass is 352 g/mol. The summed E-state index contributed by atoms with van der Waals surface area (Å²) in [6.45, 7) is 4.92. The maximum absolute atomic E-state index is 12.7. The molecule has 0 amide bonds. The van der Waals surface area contributed by atoms with Gasteiger partial charge in [0.2, 0.25) is 0 Å². The van der Waals surface area contributed by atoms with Crippen LogP contribution in [-0.4, -0.2) is 9.78 Å². The van der Waals surface area contributed by atoms with Crippen LogP contribution in [0.4, 0.5) is 13.2 Å². The van der Waals surface area contributed by atoms with Crippen LogP contribution in [0.25, 0.3) is 0 Å². The molecule has 0 aliphatic carbocycles. The van der Waals surface area contributed by atoms with Crippen LogP contribution in [0.5, 0.6) is 0 Å². The van der Waals surface area contributed by atoms with Crippen LogP contribution in [0, 0.1) is 3.57 Å². The second-order valence-corrected chi connectivity index (χ2v) is 5.47. The van der Waals surface area contributed by atoms with Crippen molar-refractivity contribution in [3.05, 3.63) is 14.4 Å².